The first kappa shape index (κ1) is 21.1. The molecule has 2 aliphatic rings. The van der Waals surface area contributed by atoms with Gasteiger partial charge in [-0.1, -0.05) is 18.2 Å². The van der Waals surface area contributed by atoms with Crippen molar-refractivity contribution >= 4 is 28.3 Å². The Hall–Kier alpha value is -1.19. The number of carbonyl (C=O) groups is 1. The molecule has 1 N–H and O–H groups in total. The predicted octanol–water partition coefficient (Wildman–Crippen LogP) is 0.710. The lowest BCUT2D eigenvalue weighted by Gasteiger charge is -2.34. The van der Waals surface area contributed by atoms with E-state index in [0.29, 0.717) is 37.6 Å². The Kier molecular flexibility index (Phi) is 7.85. The summed E-state index contributed by atoms with van der Waals surface area (Å²) < 4.78 is 32.1. The summed E-state index contributed by atoms with van der Waals surface area (Å²) in [6.07, 6.45) is 2.33. The number of rotatable bonds is 6. The monoisotopic (exact) mass is 403 g/mol. The molecule has 1 atom stereocenters. The van der Waals surface area contributed by atoms with E-state index < -0.39 is 10.0 Å². The van der Waals surface area contributed by atoms with Crippen molar-refractivity contribution in [3.63, 3.8) is 0 Å². The second-order valence-electron chi connectivity index (χ2n) is 6.36. The molecule has 2 fully saturated rings. The normalized spacial score (nSPS) is 21.4. The second kappa shape index (κ2) is 9.66. The van der Waals surface area contributed by atoms with E-state index in [2.05, 4.69) is 5.32 Å². The number of hydrogen-bond donors (Lipinski definition) is 1. The van der Waals surface area contributed by atoms with Crippen molar-refractivity contribution in [3.05, 3.63) is 30.3 Å². The number of benzene rings is 1. The molecule has 0 aliphatic carbocycles. The lowest BCUT2D eigenvalue weighted by molar-refractivity contribution is -0.131. The van der Waals surface area contributed by atoms with Crippen LogP contribution in [0.15, 0.2) is 35.2 Å². The Balaban J connectivity index is 0.00000243. The molecule has 7 nitrogen and oxygen atoms in total. The summed E-state index contributed by atoms with van der Waals surface area (Å²) in [6.45, 7) is 3.26. The highest BCUT2D eigenvalue weighted by atomic mass is 35.5. The molecule has 2 heterocycles. The molecule has 1 aromatic carbocycles. The molecule has 2 saturated heterocycles. The van der Waals surface area contributed by atoms with Gasteiger partial charge >= 0.3 is 0 Å². The molecule has 9 heteroatoms. The third-order valence-electron chi connectivity index (χ3n) is 4.64. The van der Waals surface area contributed by atoms with Crippen molar-refractivity contribution < 1.29 is 17.9 Å². The van der Waals surface area contributed by atoms with Crippen LogP contribution >= 0.6 is 12.4 Å². The third-order valence-corrected chi connectivity index (χ3v) is 6.56. The number of amides is 1. The molecule has 1 aromatic rings. The van der Waals surface area contributed by atoms with Crippen LogP contribution in [0.4, 0.5) is 0 Å². The Bertz CT molecular complexity index is 673. The average Bonchev–Trinajstić information content (AvgIpc) is 3.16. The van der Waals surface area contributed by atoms with Crippen LogP contribution in [0.1, 0.15) is 12.8 Å². The summed E-state index contributed by atoms with van der Waals surface area (Å²) in [6, 6.07) is 8.42. The van der Waals surface area contributed by atoms with Gasteiger partial charge in [0.1, 0.15) is 0 Å². The van der Waals surface area contributed by atoms with Gasteiger partial charge in [0.2, 0.25) is 15.9 Å². The van der Waals surface area contributed by atoms with E-state index in [1.807, 2.05) is 0 Å². The number of nitrogens with one attached hydrogen (secondary N) is 1. The van der Waals surface area contributed by atoms with Gasteiger partial charge in [0, 0.05) is 39.3 Å². The van der Waals surface area contributed by atoms with Crippen molar-refractivity contribution in [1.82, 2.24) is 14.5 Å². The zero-order chi connectivity index (χ0) is 17.7. The lowest BCUT2D eigenvalue weighted by Crippen LogP contribution is -2.52. The highest BCUT2D eigenvalue weighted by Gasteiger charge is 2.29. The molecular weight excluding hydrogens is 378 g/mol. The number of nitrogens with zero attached hydrogens (tertiary/aromatic N) is 2. The average molecular weight is 404 g/mol. The van der Waals surface area contributed by atoms with E-state index in [1.54, 1.807) is 35.2 Å². The van der Waals surface area contributed by atoms with Gasteiger partial charge in [0.25, 0.3) is 0 Å². The van der Waals surface area contributed by atoms with Gasteiger partial charge in [-0.05, 0) is 25.0 Å². The van der Waals surface area contributed by atoms with E-state index in [9.17, 15) is 13.2 Å². The van der Waals surface area contributed by atoms with Gasteiger partial charge in [-0.25, -0.2) is 8.42 Å². The van der Waals surface area contributed by atoms with Crippen molar-refractivity contribution in [3.8, 4) is 0 Å². The van der Waals surface area contributed by atoms with Crippen molar-refractivity contribution in [2.45, 2.75) is 23.8 Å². The minimum absolute atomic E-state index is 0. The van der Waals surface area contributed by atoms with Crippen LogP contribution in [-0.2, 0) is 19.6 Å². The van der Waals surface area contributed by atoms with Crippen LogP contribution in [0.5, 0.6) is 0 Å². The summed E-state index contributed by atoms with van der Waals surface area (Å²) >= 11 is 0. The lowest BCUT2D eigenvalue weighted by atomic mass is 10.2. The zero-order valence-electron chi connectivity index (χ0n) is 14.7. The van der Waals surface area contributed by atoms with Crippen molar-refractivity contribution in [2.75, 3.05) is 45.9 Å². The van der Waals surface area contributed by atoms with Gasteiger partial charge in [0.05, 0.1) is 17.5 Å². The van der Waals surface area contributed by atoms with E-state index in [1.165, 1.54) is 4.31 Å². The van der Waals surface area contributed by atoms with Crippen LogP contribution in [0.25, 0.3) is 0 Å². The summed E-state index contributed by atoms with van der Waals surface area (Å²) in [5.41, 5.74) is 0. The fraction of sp³-hybridized carbons (Fsp3) is 0.588. The smallest absolute Gasteiger partial charge is 0.243 e. The highest BCUT2D eigenvalue weighted by Crippen LogP contribution is 2.17. The maximum atomic E-state index is 12.6. The number of carbonyl (C=O) groups excluding carboxylic acids is 1. The van der Waals surface area contributed by atoms with E-state index in [0.717, 1.165) is 19.4 Å². The SMILES string of the molecule is Cl.O=C(CNCC1CCCO1)N1CCN(S(=O)(=O)c2ccccc2)CC1. The molecule has 1 amide bonds. The zero-order valence-corrected chi connectivity index (χ0v) is 16.3. The molecule has 26 heavy (non-hydrogen) atoms. The molecule has 0 spiro atoms. The second-order valence-corrected chi connectivity index (χ2v) is 8.30. The van der Waals surface area contributed by atoms with Crippen LogP contribution in [0, 0.1) is 0 Å². The van der Waals surface area contributed by atoms with Gasteiger partial charge in [-0.15, -0.1) is 12.4 Å². The Morgan fingerprint density at radius 2 is 1.85 bits per heavy atom. The van der Waals surface area contributed by atoms with E-state index in [4.69, 9.17) is 4.74 Å². The molecule has 1 unspecified atom stereocenters. The minimum atomic E-state index is -3.48. The van der Waals surface area contributed by atoms with E-state index >= 15 is 0 Å². The first-order valence-corrected chi connectivity index (χ1v) is 10.2. The van der Waals surface area contributed by atoms with Crippen molar-refractivity contribution in [2.24, 2.45) is 0 Å². The number of halogens is 1. The van der Waals surface area contributed by atoms with Gasteiger partial charge in [-0.3, -0.25) is 4.79 Å². The summed E-state index contributed by atoms with van der Waals surface area (Å²) in [7, 11) is -3.48. The Morgan fingerprint density at radius 3 is 2.46 bits per heavy atom. The maximum Gasteiger partial charge on any atom is 0.243 e. The standard InChI is InChI=1S/C17H25N3O4S.ClH/c21-17(14-18-13-15-5-4-12-24-15)19-8-10-20(11-9-19)25(22,23)16-6-2-1-3-7-16;/h1-3,6-7,15,18H,4-5,8-14H2;1H. The molecule has 3 rings (SSSR count). The molecule has 0 radical (unpaired) electrons. The first-order chi connectivity index (χ1) is 12.1. The third kappa shape index (κ3) is 5.17. The van der Waals surface area contributed by atoms with Gasteiger partial charge in [-0.2, -0.15) is 4.31 Å². The number of piperazine rings is 1. The highest BCUT2D eigenvalue weighted by molar-refractivity contribution is 7.89. The summed E-state index contributed by atoms with van der Waals surface area (Å²) in [5, 5.41) is 3.14. The van der Waals surface area contributed by atoms with Crippen LogP contribution in [-0.4, -0.2) is 75.5 Å². The predicted molar refractivity (Wildman–Crippen MR) is 101 cm³/mol. The Labute approximate surface area is 161 Å². The van der Waals surface area contributed by atoms with Crippen molar-refractivity contribution in [1.29, 1.82) is 0 Å². The number of hydrogen-bond acceptors (Lipinski definition) is 5. The van der Waals surface area contributed by atoms with E-state index in [-0.39, 0.29) is 31.0 Å². The first-order valence-electron chi connectivity index (χ1n) is 8.72. The molecule has 2 aliphatic heterocycles. The molecule has 0 aromatic heterocycles. The fourth-order valence-corrected chi connectivity index (χ4v) is 4.62. The summed E-state index contributed by atoms with van der Waals surface area (Å²) in [5.74, 6) is 0.00903. The molecule has 146 valence electrons. The maximum absolute atomic E-state index is 12.6. The largest absolute Gasteiger partial charge is 0.377 e. The topological polar surface area (TPSA) is 79.0 Å². The molecule has 0 bridgehead atoms. The molecular formula is C17H26ClN3O4S. The Morgan fingerprint density at radius 1 is 1.15 bits per heavy atom. The number of sulfonamides is 1. The molecule has 0 saturated carbocycles. The number of ether oxygens (including phenoxy) is 1. The minimum Gasteiger partial charge on any atom is -0.377 e. The van der Waals surface area contributed by atoms with Crippen LogP contribution < -0.4 is 5.32 Å². The van der Waals surface area contributed by atoms with Gasteiger partial charge < -0.3 is 15.0 Å². The fourth-order valence-electron chi connectivity index (χ4n) is 3.18. The van der Waals surface area contributed by atoms with Crippen LogP contribution in [0.2, 0.25) is 0 Å². The summed E-state index contributed by atoms with van der Waals surface area (Å²) in [4.78, 5) is 14.3. The van der Waals surface area contributed by atoms with Gasteiger partial charge in [0.15, 0.2) is 0 Å². The quantitative estimate of drug-likeness (QED) is 0.756. The van der Waals surface area contributed by atoms with Crippen LogP contribution in [0.3, 0.4) is 0 Å².